The van der Waals surface area contributed by atoms with Crippen molar-refractivity contribution >= 4 is 11.1 Å². The first-order valence-corrected chi connectivity index (χ1v) is 7.93. The van der Waals surface area contributed by atoms with E-state index in [0.29, 0.717) is 0 Å². The van der Waals surface area contributed by atoms with Crippen molar-refractivity contribution in [1.29, 1.82) is 0 Å². The molecule has 102 valence electrons. The predicted molar refractivity (Wildman–Crippen MR) is 86.1 cm³/mol. The lowest BCUT2D eigenvalue weighted by Gasteiger charge is -2.18. The van der Waals surface area contributed by atoms with E-state index in [-0.39, 0.29) is 0 Å². The number of rotatable bonds is 1. The molecule has 0 fully saturated rings. The SMILES string of the molecule is C1=CC2=c3c4c(nc(-c5ccccc5)c3=C1C2)CCCC4. The van der Waals surface area contributed by atoms with Gasteiger partial charge >= 0.3 is 0 Å². The van der Waals surface area contributed by atoms with Gasteiger partial charge in [-0.15, -0.1) is 0 Å². The molecule has 1 heteroatoms. The Morgan fingerprint density at radius 2 is 1.57 bits per heavy atom. The van der Waals surface area contributed by atoms with Gasteiger partial charge < -0.3 is 0 Å². The fourth-order valence-corrected chi connectivity index (χ4v) is 4.08. The third-order valence-electron chi connectivity index (χ3n) is 5.03. The standard InChI is InChI=1S/C20H17N/c1-2-6-13(7-3-1)20-19-15-11-10-14(12-15)18(19)16-8-4-5-9-17(16)21-20/h1-3,6-7,10-11H,4-5,8-9,12H2. The summed E-state index contributed by atoms with van der Waals surface area (Å²) in [4.78, 5) is 5.11. The predicted octanol–water partition coefficient (Wildman–Crippen LogP) is 2.90. The Morgan fingerprint density at radius 1 is 0.810 bits per heavy atom. The zero-order chi connectivity index (χ0) is 13.8. The molecule has 1 heterocycles. The van der Waals surface area contributed by atoms with E-state index in [9.17, 15) is 0 Å². The van der Waals surface area contributed by atoms with Gasteiger partial charge in [-0.3, -0.25) is 4.98 Å². The summed E-state index contributed by atoms with van der Waals surface area (Å²) in [5.74, 6) is 0. The Balaban J connectivity index is 1.94. The molecule has 5 rings (SSSR count). The van der Waals surface area contributed by atoms with Gasteiger partial charge in [-0.25, -0.2) is 0 Å². The lowest BCUT2D eigenvalue weighted by molar-refractivity contribution is 0.664. The van der Waals surface area contributed by atoms with E-state index < -0.39 is 0 Å². The zero-order valence-corrected chi connectivity index (χ0v) is 12.0. The van der Waals surface area contributed by atoms with Gasteiger partial charge in [-0.2, -0.15) is 0 Å². The molecule has 2 aromatic rings. The van der Waals surface area contributed by atoms with Crippen molar-refractivity contribution in [3.63, 3.8) is 0 Å². The van der Waals surface area contributed by atoms with E-state index in [0.717, 1.165) is 12.8 Å². The number of aromatic nitrogens is 1. The first-order chi connectivity index (χ1) is 10.4. The summed E-state index contributed by atoms with van der Waals surface area (Å²) in [6.45, 7) is 0. The fourth-order valence-electron chi connectivity index (χ4n) is 4.08. The zero-order valence-electron chi connectivity index (χ0n) is 12.0. The van der Waals surface area contributed by atoms with Crippen LogP contribution in [-0.2, 0) is 12.8 Å². The van der Waals surface area contributed by atoms with Crippen molar-refractivity contribution in [2.24, 2.45) is 0 Å². The van der Waals surface area contributed by atoms with Crippen LogP contribution in [0.3, 0.4) is 0 Å². The number of hydrogen-bond acceptors (Lipinski definition) is 1. The minimum Gasteiger partial charge on any atom is -0.252 e. The molecule has 2 bridgehead atoms. The molecule has 3 aliphatic rings. The second-order valence-electron chi connectivity index (χ2n) is 6.27. The third kappa shape index (κ3) is 1.55. The highest BCUT2D eigenvalue weighted by Crippen LogP contribution is 2.29. The Bertz CT molecular complexity index is 901. The largest absolute Gasteiger partial charge is 0.252 e. The Labute approximate surface area is 124 Å². The lowest BCUT2D eigenvalue weighted by Crippen LogP contribution is -2.35. The molecule has 0 unspecified atom stereocenters. The van der Waals surface area contributed by atoms with Crippen LogP contribution in [0.2, 0.25) is 0 Å². The van der Waals surface area contributed by atoms with Crippen LogP contribution in [0.5, 0.6) is 0 Å². The molecule has 0 radical (unpaired) electrons. The van der Waals surface area contributed by atoms with E-state index in [4.69, 9.17) is 4.98 Å². The summed E-state index contributed by atoms with van der Waals surface area (Å²) in [7, 11) is 0. The van der Waals surface area contributed by atoms with Gasteiger partial charge in [0.1, 0.15) is 0 Å². The molecular weight excluding hydrogens is 254 g/mol. The first kappa shape index (κ1) is 11.5. The maximum Gasteiger partial charge on any atom is 0.0786 e. The molecule has 0 saturated heterocycles. The Hall–Kier alpha value is -2.15. The van der Waals surface area contributed by atoms with Crippen molar-refractivity contribution in [2.45, 2.75) is 32.1 Å². The van der Waals surface area contributed by atoms with E-state index in [1.807, 2.05) is 0 Å². The molecule has 21 heavy (non-hydrogen) atoms. The summed E-state index contributed by atoms with van der Waals surface area (Å²) in [5, 5.41) is 2.97. The molecule has 3 aliphatic carbocycles. The number of nitrogens with zero attached hydrogens (tertiary/aromatic N) is 1. The number of aryl methyl sites for hydroxylation is 1. The molecule has 0 spiro atoms. The second-order valence-corrected chi connectivity index (χ2v) is 6.27. The minimum atomic E-state index is 1.12. The summed E-state index contributed by atoms with van der Waals surface area (Å²) in [6, 6.07) is 10.7. The average molecular weight is 271 g/mol. The lowest BCUT2D eigenvalue weighted by atomic mass is 9.91. The van der Waals surface area contributed by atoms with Crippen LogP contribution in [-0.4, -0.2) is 4.98 Å². The van der Waals surface area contributed by atoms with Gasteiger partial charge in [0.2, 0.25) is 0 Å². The Morgan fingerprint density at radius 3 is 2.43 bits per heavy atom. The van der Waals surface area contributed by atoms with Gasteiger partial charge in [-0.1, -0.05) is 42.5 Å². The molecule has 0 saturated carbocycles. The summed E-state index contributed by atoms with van der Waals surface area (Å²) in [5.41, 5.74) is 8.37. The van der Waals surface area contributed by atoms with Crippen LogP contribution in [0.4, 0.5) is 0 Å². The van der Waals surface area contributed by atoms with Crippen molar-refractivity contribution < 1.29 is 0 Å². The summed E-state index contributed by atoms with van der Waals surface area (Å²) in [6.07, 6.45) is 10.7. The molecule has 0 aliphatic heterocycles. The second kappa shape index (κ2) is 4.17. The van der Waals surface area contributed by atoms with Gasteiger partial charge in [0.25, 0.3) is 0 Å². The maximum atomic E-state index is 5.11. The van der Waals surface area contributed by atoms with E-state index in [1.165, 1.54) is 57.8 Å². The Kier molecular flexibility index (Phi) is 2.29. The van der Waals surface area contributed by atoms with Gasteiger partial charge in [0.15, 0.2) is 0 Å². The highest BCUT2D eigenvalue weighted by molar-refractivity contribution is 5.88. The quantitative estimate of drug-likeness (QED) is 0.777. The summed E-state index contributed by atoms with van der Waals surface area (Å²) >= 11 is 0. The fraction of sp³-hybridized carbons (Fsp3) is 0.250. The average Bonchev–Trinajstić information content (AvgIpc) is 3.17. The monoisotopic (exact) mass is 271 g/mol. The van der Waals surface area contributed by atoms with Crippen LogP contribution >= 0.6 is 0 Å². The van der Waals surface area contributed by atoms with E-state index in [2.05, 4.69) is 42.5 Å². The molecule has 0 amide bonds. The minimum absolute atomic E-state index is 1.12. The van der Waals surface area contributed by atoms with Crippen molar-refractivity contribution in [3.05, 3.63) is 64.2 Å². The number of pyridine rings is 1. The van der Waals surface area contributed by atoms with E-state index >= 15 is 0 Å². The van der Waals surface area contributed by atoms with Crippen LogP contribution in [0.1, 0.15) is 30.5 Å². The van der Waals surface area contributed by atoms with Crippen molar-refractivity contribution in [2.75, 3.05) is 0 Å². The van der Waals surface area contributed by atoms with Gasteiger partial charge in [-0.05, 0) is 54.0 Å². The van der Waals surface area contributed by atoms with Gasteiger partial charge in [0.05, 0.1) is 5.69 Å². The molecule has 0 atom stereocenters. The molecular formula is C20H17N. The summed E-state index contributed by atoms with van der Waals surface area (Å²) < 4.78 is 0. The molecule has 1 aromatic heterocycles. The van der Waals surface area contributed by atoms with Crippen LogP contribution in [0.15, 0.2) is 42.5 Å². The number of benzene rings is 1. The smallest absolute Gasteiger partial charge is 0.0786 e. The maximum absolute atomic E-state index is 5.11. The third-order valence-corrected chi connectivity index (χ3v) is 5.03. The van der Waals surface area contributed by atoms with Crippen molar-refractivity contribution in [3.8, 4) is 11.3 Å². The topological polar surface area (TPSA) is 12.9 Å². The molecule has 0 N–H and O–H groups in total. The van der Waals surface area contributed by atoms with Crippen molar-refractivity contribution in [1.82, 2.24) is 4.98 Å². The van der Waals surface area contributed by atoms with Crippen LogP contribution in [0, 0.1) is 0 Å². The molecule has 1 nitrogen and oxygen atoms in total. The number of hydrogen-bond donors (Lipinski definition) is 0. The highest BCUT2D eigenvalue weighted by atomic mass is 14.7. The van der Waals surface area contributed by atoms with Crippen LogP contribution in [0.25, 0.3) is 22.4 Å². The normalized spacial score (nSPS) is 18.1. The van der Waals surface area contributed by atoms with Gasteiger partial charge in [0, 0.05) is 16.5 Å². The van der Waals surface area contributed by atoms with E-state index in [1.54, 1.807) is 5.56 Å². The first-order valence-electron chi connectivity index (χ1n) is 7.93. The van der Waals surface area contributed by atoms with Crippen LogP contribution < -0.4 is 10.4 Å². The number of fused-ring (bicyclic) bond motifs is 5. The highest BCUT2D eigenvalue weighted by Gasteiger charge is 2.24. The number of allylic oxidation sites excluding steroid dienone is 2. The molecule has 1 aromatic carbocycles.